The molecule has 1 rings (SSSR count). The van der Waals surface area contributed by atoms with Gasteiger partial charge in [0.15, 0.2) is 0 Å². The van der Waals surface area contributed by atoms with E-state index in [4.69, 9.17) is 4.74 Å². The molecule has 0 fully saturated rings. The number of rotatable bonds is 8. The van der Waals surface area contributed by atoms with Crippen molar-refractivity contribution in [2.45, 2.75) is 39.2 Å². The van der Waals surface area contributed by atoms with Gasteiger partial charge in [-0.3, -0.25) is 4.79 Å². The molecule has 20 heavy (non-hydrogen) atoms. The van der Waals surface area contributed by atoms with Crippen LogP contribution in [-0.2, 0) is 16.0 Å². The smallest absolute Gasteiger partial charge is 0.310 e. The predicted molar refractivity (Wildman–Crippen MR) is 83.4 cm³/mol. The van der Waals surface area contributed by atoms with E-state index in [0.717, 1.165) is 18.4 Å². The van der Waals surface area contributed by atoms with Crippen LogP contribution in [0.1, 0.15) is 32.3 Å². The van der Waals surface area contributed by atoms with Gasteiger partial charge >= 0.3 is 5.97 Å². The molecule has 2 heteroatoms. The number of carbonyl (C=O) groups excluding carboxylic acids is 1. The predicted octanol–water partition coefficient (Wildman–Crippen LogP) is 4.32. The van der Waals surface area contributed by atoms with E-state index in [9.17, 15) is 4.79 Å². The van der Waals surface area contributed by atoms with Crippen LogP contribution >= 0.6 is 0 Å². The zero-order valence-electron chi connectivity index (χ0n) is 12.4. The van der Waals surface area contributed by atoms with Gasteiger partial charge in [0.25, 0.3) is 0 Å². The van der Waals surface area contributed by atoms with Crippen molar-refractivity contribution in [2.75, 3.05) is 0 Å². The molecule has 2 nitrogen and oxygen atoms in total. The summed E-state index contributed by atoms with van der Waals surface area (Å²) >= 11 is 0. The van der Waals surface area contributed by atoms with Crippen molar-refractivity contribution < 1.29 is 9.53 Å². The van der Waals surface area contributed by atoms with E-state index in [2.05, 4.69) is 25.7 Å². The van der Waals surface area contributed by atoms with Crippen LogP contribution in [0.15, 0.2) is 55.1 Å². The summed E-state index contributed by atoms with van der Waals surface area (Å²) in [6.45, 7) is 7.68. The number of esters is 1. The van der Waals surface area contributed by atoms with Gasteiger partial charge in [-0.15, -0.1) is 6.58 Å². The second kappa shape index (κ2) is 9.13. The fraction of sp³-hybridized carbons (Fsp3) is 0.389. The molecular formula is C18H24O2. The number of benzene rings is 1. The Kier molecular flexibility index (Phi) is 7.41. The summed E-state index contributed by atoms with van der Waals surface area (Å²) in [4.78, 5) is 11.8. The highest BCUT2D eigenvalue weighted by Crippen LogP contribution is 2.11. The molecule has 0 amide bonds. The van der Waals surface area contributed by atoms with Gasteiger partial charge in [0.05, 0.1) is 6.42 Å². The van der Waals surface area contributed by atoms with Crippen LogP contribution in [0.5, 0.6) is 0 Å². The largest absolute Gasteiger partial charge is 0.462 e. The standard InChI is InChI=1S/C18H24O2/c1-4-5-6-8-11-15(2)16(3)20-18(19)14-17-12-9-7-10-13-17/h4,7-13,15-16H,1,5-6,14H2,2-3H3/b11-8+. The number of carbonyl (C=O) groups is 1. The molecule has 0 spiro atoms. The van der Waals surface area contributed by atoms with E-state index in [0.29, 0.717) is 6.42 Å². The first-order chi connectivity index (χ1) is 9.63. The lowest BCUT2D eigenvalue weighted by atomic mass is 10.0. The Labute approximate surface area is 122 Å². The Morgan fingerprint density at radius 1 is 1.25 bits per heavy atom. The van der Waals surface area contributed by atoms with Crippen LogP contribution in [0, 0.1) is 5.92 Å². The van der Waals surface area contributed by atoms with Crippen molar-refractivity contribution in [3.8, 4) is 0 Å². The monoisotopic (exact) mass is 272 g/mol. The Balaban J connectivity index is 2.37. The van der Waals surface area contributed by atoms with Crippen molar-refractivity contribution >= 4 is 5.97 Å². The zero-order chi connectivity index (χ0) is 14.8. The molecule has 108 valence electrons. The molecule has 0 aliphatic heterocycles. The first kappa shape index (κ1) is 16.2. The van der Waals surface area contributed by atoms with E-state index >= 15 is 0 Å². The zero-order valence-corrected chi connectivity index (χ0v) is 12.4. The highest BCUT2D eigenvalue weighted by molar-refractivity contribution is 5.72. The third-order valence-electron chi connectivity index (χ3n) is 3.23. The van der Waals surface area contributed by atoms with Gasteiger partial charge in [-0.2, -0.15) is 0 Å². The van der Waals surface area contributed by atoms with Crippen molar-refractivity contribution in [1.29, 1.82) is 0 Å². The van der Waals surface area contributed by atoms with Gasteiger partial charge < -0.3 is 4.74 Å². The number of ether oxygens (including phenoxy) is 1. The second-order valence-corrected chi connectivity index (χ2v) is 5.01. The lowest BCUT2D eigenvalue weighted by Crippen LogP contribution is -2.22. The molecule has 1 aromatic carbocycles. The van der Waals surface area contributed by atoms with Crippen molar-refractivity contribution in [3.05, 3.63) is 60.7 Å². The molecule has 2 atom stereocenters. The lowest BCUT2D eigenvalue weighted by Gasteiger charge is -2.17. The van der Waals surface area contributed by atoms with E-state index in [1.807, 2.05) is 43.3 Å². The Hall–Kier alpha value is -1.83. The van der Waals surface area contributed by atoms with E-state index in [1.165, 1.54) is 0 Å². The molecule has 0 bridgehead atoms. The molecule has 0 aliphatic rings. The molecule has 0 aromatic heterocycles. The average Bonchev–Trinajstić information content (AvgIpc) is 2.44. The minimum Gasteiger partial charge on any atom is -0.462 e. The van der Waals surface area contributed by atoms with Gasteiger partial charge in [0.1, 0.15) is 6.10 Å². The number of allylic oxidation sites excluding steroid dienone is 2. The van der Waals surface area contributed by atoms with Gasteiger partial charge in [-0.25, -0.2) is 0 Å². The third-order valence-corrected chi connectivity index (χ3v) is 3.23. The quantitative estimate of drug-likeness (QED) is 0.400. The SMILES string of the molecule is C=CCC/C=C/C(C)C(C)OC(=O)Cc1ccccc1. The summed E-state index contributed by atoms with van der Waals surface area (Å²) in [5.74, 6) is 0.0505. The van der Waals surface area contributed by atoms with Crippen LogP contribution in [0.2, 0.25) is 0 Å². The van der Waals surface area contributed by atoms with E-state index < -0.39 is 0 Å². The average molecular weight is 272 g/mol. The normalized spacial score (nSPS) is 13.9. The minimum absolute atomic E-state index is 0.105. The maximum absolute atomic E-state index is 11.8. The van der Waals surface area contributed by atoms with Gasteiger partial charge in [-0.1, -0.05) is 55.5 Å². The Bertz CT molecular complexity index is 434. The molecule has 1 aromatic rings. The summed E-state index contributed by atoms with van der Waals surface area (Å²) in [7, 11) is 0. The van der Waals surface area contributed by atoms with Gasteiger partial charge in [0.2, 0.25) is 0 Å². The van der Waals surface area contributed by atoms with Crippen LogP contribution in [-0.4, -0.2) is 12.1 Å². The molecule has 0 radical (unpaired) electrons. The third kappa shape index (κ3) is 6.37. The molecule has 2 unspecified atom stereocenters. The van der Waals surface area contributed by atoms with Gasteiger partial charge in [0, 0.05) is 5.92 Å². The Morgan fingerprint density at radius 2 is 1.95 bits per heavy atom. The molecule has 0 saturated heterocycles. The topological polar surface area (TPSA) is 26.3 Å². The van der Waals surface area contributed by atoms with Crippen molar-refractivity contribution in [1.82, 2.24) is 0 Å². The van der Waals surface area contributed by atoms with E-state index in [1.54, 1.807) is 0 Å². The highest BCUT2D eigenvalue weighted by atomic mass is 16.5. The molecule has 0 heterocycles. The summed E-state index contributed by atoms with van der Waals surface area (Å²) in [5.41, 5.74) is 0.985. The molecular weight excluding hydrogens is 248 g/mol. The van der Waals surface area contributed by atoms with Crippen LogP contribution in [0.3, 0.4) is 0 Å². The highest BCUT2D eigenvalue weighted by Gasteiger charge is 2.14. The van der Waals surface area contributed by atoms with Crippen LogP contribution < -0.4 is 0 Å². The number of hydrogen-bond acceptors (Lipinski definition) is 2. The van der Waals surface area contributed by atoms with E-state index in [-0.39, 0.29) is 18.0 Å². The number of hydrogen-bond donors (Lipinski definition) is 0. The number of unbranched alkanes of at least 4 members (excludes halogenated alkanes) is 1. The van der Waals surface area contributed by atoms with Gasteiger partial charge in [-0.05, 0) is 25.3 Å². The minimum atomic E-state index is -0.171. The summed E-state index contributed by atoms with van der Waals surface area (Å²) < 4.78 is 5.46. The summed E-state index contributed by atoms with van der Waals surface area (Å²) in [6, 6.07) is 9.66. The fourth-order valence-electron chi connectivity index (χ4n) is 1.80. The lowest BCUT2D eigenvalue weighted by molar-refractivity contribution is -0.148. The van der Waals surface area contributed by atoms with Crippen molar-refractivity contribution in [3.63, 3.8) is 0 Å². The molecule has 0 aliphatic carbocycles. The first-order valence-corrected chi connectivity index (χ1v) is 7.14. The summed E-state index contributed by atoms with van der Waals surface area (Å²) in [6.07, 6.45) is 8.31. The summed E-state index contributed by atoms with van der Waals surface area (Å²) in [5, 5.41) is 0. The molecule has 0 saturated carbocycles. The van der Waals surface area contributed by atoms with Crippen molar-refractivity contribution in [2.24, 2.45) is 5.92 Å². The maximum atomic E-state index is 11.8. The first-order valence-electron chi connectivity index (χ1n) is 7.14. The van der Waals surface area contributed by atoms with Crippen LogP contribution in [0.25, 0.3) is 0 Å². The Morgan fingerprint density at radius 3 is 2.60 bits per heavy atom. The fourth-order valence-corrected chi connectivity index (χ4v) is 1.80. The maximum Gasteiger partial charge on any atom is 0.310 e. The second-order valence-electron chi connectivity index (χ2n) is 5.01. The van der Waals surface area contributed by atoms with Crippen LogP contribution in [0.4, 0.5) is 0 Å². The molecule has 0 N–H and O–H groups in total.